The third kappa shape index (κ3) is 3.08. The van der Waals surface area contributed by atoms with Crippen LogP contribution in [0.1, 0.15) is 27.5 Å². The first-order valence-corrected chi connectivity index (χ1v) is 12.5. The zero-order chi connectivity index (χ0) is 23.4. The third-order valence-electron chi connectivity index (χ3n) is 6.93. The number of hydrogen-bond acceptors (Lipinski definition) is 2. The Kier molecular flexibility index (Phi) is 4.48. The molecule has 0 saturated carbocycles. The molecule has 7 rings (SSSR count). The van der Waals surface area contributed by atoms with E-state index in [9.17, 15) is 5.26 Å². The summed E-state index contributed by atoms with van der Waals surface area (Å²) >= 11 is 1.75. The number of hydrogen-bond donors (Lipinski definition) is 0. The van der Waals surface area contributed by atoms with Crippen molar-refractivity contribution in [2.75, 3.05) is 0 Å². The van der Waals surface area contributed by atoms with Crippen molar-refractivity contribution in [2.24, 2.45) is 0 Å². The Morgan fingerprint density at radius 2 is 1.40 bits per heavy atom. The Hall–Kier alpha value is -4.39. The fraction of sp³-hybridized carbons (Fsp3) is 0.0312. The molecule has 6 aromatic rings. The van der Waals surface area contributed by atoms with Crippen molar-refractivity contribution in [3.63, 3.8) is 0 Å². The van der Waals surface area contributed by atoms with Crippen LogP contribution in [0, 0.1) is 11.3 Å². The van der Waals surface area contributed by atoms with E-state index in [1.807, 2.05) is 12.1 Å². The second-order valence-corrected chi connectivity index (χ2v) is 9.96. The molecule has 1 aliphatic carbocycles. The van der Waals surface area contributed by atoms with Crippen molar-refractivity contribution in [1.82, 2.24) is 4.57 Å². The number of fused-ring (bicyclic) bond motifs is 6. The maximum absolute atomic E-state index is 9.27. The van der Waals surface area contributed by atoms with E-state index in [0.29, 0.717) is 5.56 Å². The molecule has 0 bridgehead atoms. The van der Waals surface area contributed by atoms with Crippen LogP contribution in [0.4, 0.5) is 0 Å². The first kappa shape index (κ1) is 20.0. The summed E-state index contributed by atoms with van der Waals surface area (Å²) in [5.41, 5.74) is 6.88. The van der Waals surface area contributed by atoms with Crippen molar-refractivity contribution in [1.29, 1.82) is 5.26 Å². The van der Waals surface area contributed by atoms with Crippen LogP contribution >= 0.6 is 11.3 Å². The minimum absolute atomic E-state index is 0.152. The van der Waals surface area contributed by atoms with Crippen LogP contribution in [-0.2, 0) is 0 Å². The SMILES string of the molecule is N#Cc1ccc2c3c(sc2c1)C=CC(c1ccccc1-n1c2ccccc2c2ccccc21)C=C3. The smallest absolute Gasteiger partial charge is 0.0992 e. The van der Waals surface area contributed by atoms with Crippen molar-refractivity contribution in [2.45, 2.75) is 5.92 Å². The molecule has 1 atom stereocenters. The molecular weight excluding hydrogens is 444 g/mol. The maximum atomic E-state index is 9.27. The molecule has 0 saturated heterocycles. The average Bonchev–Trinajstić information content (AvgIpc) is 3.35. The van der Waals surface area contributed by atoms with Crippen LogP contribution in [0.2, 0.25) is 0 Å². The lowest BCUT2D eigenvalue weighted by molar-refractivity contribution is 1.04. The number of benzene rings is 4. The van der Waals surface area contributed by atoms with Gasteiger partial charge in [-0.15, -0.1) is 11.3 Å². The minimum atomic E-state index is 0.152. The standard InChI is InChI=1S/C32H20N2S/c33-20-21-13-16-27-26-17-14-22(15-18-31(26)35-32(27)19-21)23-7-1-4-10-28(23)34-29-11-5-2-8-24(29)25-9-3-6-12-30(25)34/h1-19,22H. The zero-order valence-electron chi connectivity index (χ0n) is 18.8. The Morgan fingerprint density at radius 1 is 0.714 bits per heavy atom. The monoisotopic (exact) mass is 464 g/mol. The molecule has 1 aliphatic rings. The van der Waals surface area contributed by atoms with E-state index in [-0.39, 0.29) is 5.92 Å². The third-order valence-corrected chi connectivity index (χ3v) is 8.06. The van der Waals surface area contributed by atoms with Gasteiger partial charge >= 0.3 is 0 Å². The normalized spacial score (nSPS) is 14.9. The first-order chi connectivity index (χ1) is 17.3. The van der Waals surface area contributed by atoms with Crippen molar-refractivity contribution < 1.29 is 0 Å². The van der Waals surface area contributed by atoms with Gasteiger partial charge in [-0.3, -0.25) is 0 Å². The van der Waals surface area contributed by atoms with Gasteiger partial charge in [-0.1, -0.05) is 78.9 Å². The molecule has 0 N–H and O–H groups in total. The van der Waals surface area contributed by atoms with Crippen molar-refractivity contribution in [3.8, 4) is 11.8 Å². The van der Waals surface area contributed by atoms with Crippen molar-refractivity contribution in [3.05, 3.63) is 125 Å². The summed E-state index contributed by atoms with van der Waals surface area (Å²) < 4.78 is 3.56. The highest BCUT2D eigenvalue weighted by Gasteiger charge is 2.19. The van der Waals surface area contributed by atoms with E-state index in [1.54, 1.807) is 11.3 Å². The molecule has 0 aliphatic heterocycles. The Morgan fingerprint density at radius 3 is 2.17 bits per heavy atom. The maximum Gasteiger partial charge on any atom is 0.0992 e. The summed E-state index contributed by atoms with van der Waals surface area (Å²) in [5.74, 6) is 0.152. The molecule has 0 amide bonds. The van der Waals surface area contributed by atoms with Gasteiger partial charge in [-0.25, -0.2) is 0 Å². The van der Waals surface area contributed by atoms with Gasteiger partial charge in [-0.05, 0) is 42.0 Å². The highest BCUT2D eigenvalue weighted by molar-refractivity contribution is 7.20. The van der Waals surface area contributed by atoms with E-state index in [0.717, 1.165) is 4.70 Å². The van der Waals surface area contributed by atoms with Crippen LogP contribution in [-0.4, -0.2) is 4.57 Å². The summed E-state index contributed by atoms with van der Waals surface area (Å²) in [6.07, 6.45) is 9.11. The fourth-order valence-electron chi connectivity index (χ4n) is 5.32. The number of aromatic nitrogens is 1. The number of rotatable bonds is 2. The highest BCUT2D eigenvalue weighted by atomic mass is 32.1. The van der Waals surface area contributed by atoms with E-state index in [1.165, 1.54) is 48.9 Å². The Balaban J connectivity index is 1.40. The van der Waals surface area contributed by atoms with Gasteiger partial charge in [-0.2, -0.15) is 5.26 Å². The van der Waals surface area contributed by atoms with E-state index >= 15 is 0 Å². The second-order valence-electron chi connectivity index (χ2n) is 8.88. The van der Waals surface area contributed by atoms with Gasteiger partial charge in [0.15, 0.2) is 0 Å². The number of nitriles is 1. The molecule has 35 heavy (non-hydrogen) atoms. The van der Waals surface area contributed by atoms with Gasteiger partial charge in [0.25, 0.3) is 0 Å². The molecular formula is C32H20N2S. The lowest BCUT2D eigenvalue weighted by atomic mass is 9.96. The van der Waals surface area contributed by atoms with E-state index in [2.05, 4.69) is 114 Å². The molecule has 0 spiro atoms. The molecule has 4 aromatic carbocycles. The topological polar surface area (TPSA) is 28.7 Å². The van der Waals surface area contributed by atoms with Crippen LogP contribution in [0.3, 0.4) is 0 Å². The van der Waals surface area contributed by atoms with Gasteiger partial charge in [0, 0.05) is 37.2 Å². The molecule has 2 heterocycles. The number of para-hydroxylation sites is 3. The van der Waals surface area contributed by atoms with Gasteiger partial charge < -0.3 is 4.57 Å². The predicted octanol–water partition coefficient (Wildman–Crippen LogP) is 8.69. The first-order valence-electron chi connectivity index (χ1n) is 11.7. The van der Waals surface area contributed by atoms with E-state index in [4.69, 9.17) is 0 Å². The summed E-state index contributed by atoms with van der Waals surface area (Å²) in [7, 11) is 0. The minimum Gasteiger partial charge on any atom is -0.309 e. The van der Waals surface area contributed by atoms with Crippen LogP contribution in [0.5, 0.6) is 0 Å². The molecule has 0 radical (unpaired) electrons. The summed E-state index contributed by atoms with van der Waals surface area (Å²) in [5, 5.41) is 13.0. The molecule has 1 unspecified atom stereocenters. The quantitative estimate of drug-likeness (QED) is 0.252. The van der Waals surface area contributed by atoms with Crippen molar-refractivity contribution >= 4 is 55.4 Å². The van der Waals surface area contributed by atoms with Gasteiger partial charge in [0.2, 0.25) is 0 Å². The molecule has 0 fully saturated rings. The lowest BCUT2D eigenvalue weighted by Gasteiger charge is -2.17. The average molecular weight is 465 g/mol. The molecule has 2 nitrogen and oxygen atoms in total. The molecule has 164 valence electrons. The summed E-state index contributed by atoms with van der Waals surface area (Å²) in [6.45, 7) is 0. The van der Waals surface area contributed by atoms with E-state index < -0.39 is 0 Å². The lowest BCUT2D eigenvalue weighted by Crippen LogP contribution is -2.02. The van der Waals surface area contributed by atoms with Gasteiger partial charge in [0.05, 0.1) is 28.4 Å². The number of nitrogens with zero attached hydrogens (tertiary/aromatic N) is 2. The second kappa shape index (κ2) is 7.84. The van der Waals surface area contributed by atoms with Crippen LogP contribution in [0.25, 0.3) is 49.7 Å². The Labute approximate surface area is 207 Å². The summed E-state index contributed by atoms with van der Waals surface area (Å²) in [6, 6.07) is 34.3. The van der Waals surface area contributed by atoms with Gasteiger partial charge in [0.1, 0.15) is 0 Å². The number of thiophene rings is 1. The predicted molar refractivity (Wildman–Crippen MR) is 148 cm³/mol. The highest BCUT2D eigenvalue weighted by Crippen LogP contribution is 2.40. The Bertz CT molecular complexity index is 1820. The summed E-state index contributed by atoms with van der Waals surface area (Å²) in [4.78, 5) is 1.24. The van der Waals surface area contributed by atoms with Crippen LogP contribution in [0.15, 0.2) is 103 Å². The fourth-order valence-corrected chi connectivity index (χ4v) is 6.46. The largest absolute Gasteiger partial charge is 0.309 e. The van der Waals surface area contributed by atoms with Crippen LogP contribution < -0.4 is 0 Å². The molecule has 3 heteroatoms. The number of allylic oxidation sites excluding steroid dienone is 2. The zero-order valence-corrected chi connectivity index (χ0v) is 19.7. The molecule has 2 aromatic heterocycles.